The monoisotopic (exact) mass is 265 g/mol. The van der Waals surface area contributed by atoms with Crippen LogP contribution in [0.15, 0.2) is 28.7 Å². The minimum absolute atomic E-state index is 0.797. The molecule has 3 nitrogen and oxygen atoms in total. The highest BCUT2D eigenvalue weighted by atomic mass is 79.9. The molecule has 2 aromatic rings. The number of hydrogen-bond acceptors (Lipinski definition) is 2. The van der Waals surface area contributed by atoms with Crippen LogP contribution in [0.2, 0.25) is 0 Å². The second-order valence-electron chi connectivity index (χ2n) is 3.32. The molecule has 1 heterocycles. The van der Waals surface area contributed by atoms with Gasteiger partial charge in [-0.3, -0.25) is 0 Å². The number of nitrogens with zero attached hydrogens (tertiary/aromatic N) is 1. The summed E-state index contributed by atoms with van der Waals surface area (Å²) >= 11 is 3.41. The summed E-state index contributed by atoms with van der Waals surface area (Å²) in [5.41, 5.74) is 3.18. The van der Waals surface area contributed by atoms with E-state index in [1.807, 2.05) is 38.2 Å². The molecule has 0 aliphatic carbocycles. The Labute approximate surface area is 97.1 Å². The fourth-order valence-electron chi connectivity index (χ4n) is 1.47. The first kappa shape index (κ1) is 10.2. The van der Waals surface area contributed by atoms with Crippen LogP contribution in [0.3, 0.4) is 0 Å². The van der Waals surface area contributed by atoms with Crippen LogP contribution >= 0.6 is 15.9 Å². The maximum Gasteiger partial charge on any atom is 0.200 e. The predicted octanol–water partition coefficient (Wildman–Crippen LogP) is 3.19. The summed E-state index contributed by atoms with van der Waals surface area (Å²) < 4.78 is 1.08. The zero-order chi connectivity index (χ0) is 10.8. The number of benzene rings is 1. The average Bonchev–Trinajstić information content (AvgIpc) is 2.61. The van der Waals surface area contributed by atoms with Crippen molar-refractivity contribution in [3.05, 3.63) is 34.4 Å². The maximum absolute atomic E-state index is 4.45. The molecule has 78 valence electrons. The molecule has 0 amide bonds. The van der Waals surface area contributed by atoms with Crippen molar-refractivity contribution in [1.29, 1.82) is 0 Å². The minimum Gasteiger partial charge on any atom is -0.359 e. The molecule has 0 saturated heterocycles. The topological polar surface area (TPSA) is 40.7 Å². The molecule has 1 aromatic carbocycles. The lowest BCUT2D eigenvalue weighted by atomic mass is 10.1. The van der Waals surface area contributed by atoms with E-state index in [9.17, 15) is 0 Å². The molecule has 2 rings (SSSR count). The molecule has 1 aromatic heterocycles. The molecule has 0 aliphatic heterocycles. The predicted molar refractivity (Wildman–Crippen MR) is 66.0 cm³/mol. The number of hydrogen-bond donors (Lipinski definition) is 2. The van der Waals surface area contributed by atoms with Crippen LogP contribution in [0, 0.1) is 6.92 Å². The van der Waals surface area contributed by atoms with E-state index in [-0.39, 0.29) is 0 Å². The summed E-state index contributed by atoms with van der Waals surface area (Å²) in [4.78, 5) is 7.62. The van der Waals surface area contributed by atoms with E-state index in [0.29, 0.717) is 0 Å². The van der Waals surface area contributed by atoms with Gasteiger partial charge in [0.2, 0.25) is 5.95 Å². The minimum atomic E-state index is 0.797. The number of imidazole rings is 1. The van der Waals surface area contributed by atoms with Gasteiger partial charge in [-0.05, 0) is 19.1 Å². The lowest BCUT2D eigenvalue weighted by Gasteiger charge is -1.98. The zero-order valence-corrected chi connectivity index (χ0v) is 10.2. The second-order valence-corrected chi connectivity index (χ2v) is 4.23. The summed E-state index contributed by atoms with van der Waals surface area (Å²) in [7, 11) is 1.85. The summed E-state index contributed by atoms with van der Waals surface area (Å²) in [6.07, 6.45) is 0. The van der Waals surface area contributed by atoms with Gasteiger partial charge >= 0.3 is 0 Å². The Balaban J connectivity index is 2.44. The molecule has 0 saturated carbocycles. The van der Waals surface area contributed by atoms with Gasteiger partial charge in [-0.2, -0.15) is 0 Å². The van der Waals surface area contributed by atoms with Gasteiger partial charge in [0, 0.05) is 22.8 Å². The van der Waals surface area contributed by atoms with Crippen molar-refractivity contribution >= 4 is 21.9 Å². The number of nitrogens with one attached hydrogen (secondary N) is 2. The fraction of sp³-hybridized carbons (Fsp3) is 0.182. The zero-order valence-electron chi connectivity index (χ0n) is 8.63. The molecular weight excluding hydrogens is 254 g/mol. The Morgan fingerprint density at radius 1 is 1.27 bits per heavy atom. The standard InChI is InChI=1S/C11H12BrN3/c1-7-10(15-11(13-2)14-7)8-3-5-9(12)6-4-8/h3-6H,1-2H3,(H2,13,14,15). The number of aromatic nitrogens is 2. The number of aryl methyl sites for hydroxylation is 1. The van der Waals surface area contributed by atoms with E-state index in [0.717, 1.165) is 27.4 Å². The molecular formula is C11H12BrN3. The molecule has 0 unspecified atom stereocenters. The van der Waals surface area contributed by atoms with Crippen molar-refractivity contribution in [2.75, 3.05) is 12.4 Å². The van der Waals surface area contributed by atoms with E-state index in [4.69, 9.17) is 0 Å². The third-order valence-electron chi connectivity index (χ3n) is 2.24. The third-order valence-corrected chi connectivity index (χ3v) is 2.77. The Morgan fingerprint density at radius 3 is 2.47 bits per heavy atom. The Morgan fingerprint density at radius 2 is 1.93 bits per heavy atom. The highest BCUT2D eigenvalue weighted by molar-refractivity contribution is 9.10. The van der Waals surface area contributed by atoms with Gasteiger partial charge in [0.1, 0.15) is 0 Å². The van der Waals surface area contributed by atoms with Crippen LogP contribution in [0.5, 0.6) is 0 Å². The molecule has 2 N–H and O–H groups in total. The van der Waals surface area contributed by atoms with Crippen molar-refractivity contribution in [2.45, 2.75) is 6.92 Å². The van der Waals surface area contributed by atoms with E-state index >= 15 is 0 Å². The van der Waals surface area contributed by atoms with Crippen LogP contribution < -0.4 is 5.32 Å². The van der Waals surface area contributed by atoms with Crippen molar-refractivity contribution in [2.24, 2.45) is 0 Å². The van der Waals surface area contributed by atoms with Gasteiger partial charge in [-0.1, -0.05) is 28.1 Å². The van der Waals surface area contributed by atoms with Crippen LogP contribution in [0.4, 0.5) is 5.95 Å². The van der Waals surface area contributed by atoms with Crippen molar-refractivity contribution in [3.8, 4) is 11.3 Å². The quantitative estimate of drug-likeness (QED) is 0.876. The Kier molecular flexibility index (Phi) is 2.77. The molecule has 0 atom stereocenters. The highest BCUT2D eigenvalue weighted by Crippen LogP contribution is 2.24. The van der Waals surface area contributed by atoms with Gasteiger partial charge in [0.15, 0.2) is 0 Å². The maximum atomic E-state index is 4.45. The average molecular weight is 266 g/mol. The van der Waals surface area contributed by atoms with Crippen LogP contribution in [0.25, 0.3) is 11.3 Å². The van der Waals surface area contributed by atoms with E-state index in [1.165, 1.54) is 0 Å². The first-order chi connectivity index (χ1) is 7.20. The number of halogens is 1. The van der Waals surface area contributed by atoms with Gasteiger partial charge in [-0.15, -0.1) is 0 Å². The third kappa shape index (κ3) is 2.04. The van der Waals surface area contributed by atoms with Crippen molar-refractivity contribution in [3.63, 3.8) is 0 Å². The molecule has 4 heteroatoms. The number of H-pyrrole nitrogens is 1. The smallest absolute Gasteiger partial charge is 0.200 e. The van der Waals surface area contributed by atoms with Crippen molar-refractivity contribution in [1.82, 2.24) is 9.97 Å². The molecule has 0 radical (unpaired) electrons. The molecule has 0 aliphatic rings. The second kappa shape index (κ2) is 4.06. The Hall–Kier alpha value is -1.29. The van der Waals surface area contributed by atoms with Crippen LogP contribution in [0.1, 0.15) is 5.69 Å². The lowest BCUT2D eigenvalue weighted by molar-refractivity contribution is 1.23. The number of anilines is 1. The van der Waals surface area contributed by atoms with Gasteiger partial charge in [-0.25, -0.2) is 4.98 Å². The molecule has 0 spiro atoms. The largest absolute Gasteiger partial charge is 0.359 e. The fourth-order valence-corrected chi connectivity index (χ4v) is 1.73. The summed E-state index contributed by atoms with van der Waals surface area (Å²) in [6.45, 7) is 2.02. The SMILES string of the molecule is CNc1nc(-c2ccc(Br)cc2)c(C)[nH]1. The molecule has 0 bridgehead atoms. The van der Waals surface area contributed by atoms with E-state index < -0.39 is 0 Å². The first-order valence-corrected chi connectivity index (χ1v) is 5.50. The number of rotatable bonds is 2. The lowest BCUT2D eigenvalue weighted by Crippen LogP contribution is -1.89. The molecule has 0 fully saturated rings. The van der Waals surface area contributed by atoms with Gasteiger partial charge in [0.05, 0.1) is 5.69 Å². The van der Waals surface area contributed by atoms with Crippen LogP contribution in [-0.2, 0) is 0 Å². The first-order valence-electron chi connectivity index (χ1n) is 4.71. The normalized spacial score (nSPS) is 10.3. The summed E-state index contributed by atoms with van der Waals surface area (Å²) in [5, 5.41) is 2.99. The highest BCUT2D eigenvalue weighted by Gasteiger charge is 2.07. The van der Waals surface area contributed by atoms with E-state index in [1.54, 1.807) is 0 Å². The van der Waals surface area contributed by atoms with Gasteiger partial charge < -0.3 is 10.3 Å². The number of aromatic amines is 1. The summed E-state index contributed by atoms with van der Waals surface area (Å²) in [6, 6.07) is 8.13. The summed E-state index contributed by atoms with van der Waals surface area (Å²) in [5.74, 6) is 0.797. The Bertz CT molecular complexity index is 459. The van der Waals surface area contributed by atoms with Gasteiger partial charge in [0.25, 0.3) is 0 Å². The van der Waals surface area contributed by atoms with E-state index in [2.05, 4.69) is 31.2 Å². The van der Waals surface area contributed by atoms with Crippen LogP contribution in [-0.4, -0.2) is 17.0 Å². The molecule has 15 heavy (non-hydrogen) atoms. The van der Waals surface area contributed by atoms with Crippen molar-refractivity contribution < 1.29 is 0 Å².